The van der Waals surface area contributed by atoms with Crippen LogP contribution in [0.5, 0.6) is 5.75 Å². The van der Waals surface area contributed by atoms with Crippen molar-refractivity contribution >= 4 is 11.6 Å². The Kier molecular flexibility index (Phi) is 5.59. The predicted octanol–water partition coefficient (Wildman–Crippen LogP) is 3.44. The number of fused-ring (bicyclic) bond motifs is 1. The van der Waals surface area contributed by atoms with Crippen LogP contribution in [-0.2, 0) is 12.8 Å². The van der Waals surface area contributed by atoms with Gasteiger partial charge in [0.25, 0.3) is 5.91 Å². The Balaban J connectivity index is 1.53. The molecule has 3 rings (SSSR count). The molecule has 25 heavy (non-hydrogen) atoms. The third-order valence-corrected chi connectivity index (χ3v) is 4.62. The summed E-state index contributed by atoms with van der Waals surface area (Å²) in [6.07, 6.45) is 3.20. The second kappa shape index (κ2) is 8.06. The lowest BCUT2D eigenvalue weighted by Gasteiger charge is -2.27. The standard InChI is InChI=1S/C21H26N2O2/c1-3-25-19-9-7-17(8-10-19)21(24)22-13-12-16-6-11-20-18(15-16)5-4-14-23(20)2/h6-11,15H,3-5,12-14H2,1-2H3,(H,22,24). The molecule has 1 N–H and O–H groups in total. The number of benzene rings is 2. The van der Waals surface area contributed by atoms with Gasteiger partial charge in [-0.25, -0.2) is 0 Å². The highest BCUT2D eigenvalue weighted by atomic mass is 16.5. The zero-order chi connectivity index (χ0) is 17.6. The number of nitrogens with zero attached hydrogens (tertiary/aromatic N) is 1. The van der Waals surface area contributed by atoms with Crippen LogP contribution in [0.1, 0.15) is 34.8 Å². The number of aryl methyl sites for hydroxylation is 1. The molecule has 4 heteroatoms. The second-order valence-electron chi connectivity index (χ2n) is 6.45. The molecular formula is C21H26N2O2. The summed E-state index contributed by atoms with van der Waals surface area (Å²) in [5, 5.41) is 3.00. The molecule has 0 saturated carbocycles. The molecule has 1 heterocycles. The van der Waals surface area contributed by atoms with Gasteiger partial charge in [0.1, 0.15) is 5.75 Å². The van der Waals surface area contributed by atoms with Gasteiger partial charge < -0.3 is 15.0 Å². The maximum absolute atomic E-state index is 12.2. The van der Waals surface area contributed by atoms with Crippen molar-refractivity contribution in [2.24, 2.45) is 0 Å². The number of carbonyl (C=O) groups is 1. The molecule has 0 aromatic heterocycles. The van der Waals surface area contributed by atoms with Gasteiger partial charge in [-0.3, -0.25) is 4.79 Å². The highest BCUT2D eigenvalue weighted by molar-refractivity contribution is 5.94. The van der Waals surface area contributed by atoms with Gasteiger partial charge in [0.2, 0.25) is 0 Å². The Morgan fingerprint density at radius 1 is 1.20 bits per heavy atom. The number of hydrogen-bond acceptors (Lipinski definition) is 3. The minimum absolute atomic E-state index is 0.0410. The Morgan fingerprint density at radius 2 is 2.00 bits per heavy atom. The fourth-order valence-electron chi connectivity index (χ4n) is 3.29. The molecular weight excluding hydrogens is 312 g/mol. The van der Waals surface area contributed by atoms with E-state index >= 15 is 0 Å². The molecule has 0 fully saturated rings. The van der Waals surface area contributed by atoms with Crippen LogP contribution in [0.3, 0.4) is 0 Å². The van der Waals surface area contributed by atoms with E-state index < -0.39 is 0 Å². The number of ether oxygens (including phenoxy) is 1. The molecule has 2 aromatic carbocycles. The molecule has 0 atom stereocenters. The van der Waals surface area contributed by atoms with E-state index in [2.05, 4.69) is 35.5 Å². The molecule has 1 aliphatic heterocycles. The lowest BCUT2D eigenvalue weighted by molar-refractivity contribution is 0.0954. The minimum Gasteiger partial charge on any atom is -0.494 e. The van der Waals surface area contributed by atoms with Gasteiger partial charge in [0.05, 0.1) is 6.61 Å². The van der Waals surface area contributed by atoms with Crippen LogP contribution in [0.25, 0.3) is 0 Å². The molecule has 0 spiro atoms. The Labute approximate surface area is 149 Å². The van der Waals surface area contributed by atoms with Gasteiger partial charge in [0, 0.05) is 31.4 Å². The van der Waals surface area contributed by atoms with Gasteiger partial charge in [-0.15, -0.1) is 0 Å². The predicted molar refractivity (Wildman–Crippen MR) is 102 cm³/mol. The van der Waals surface area contributed by atoms with E-state index in [0.29, 0.717) is 18.7 Å². The highest BCUT2D eigenvalue weighted by Gasteiger charge is 2.13. The molecule has 1 aliphatic rings. The van der Waals surface area contributed by atoms with Crippen molar-refractivity contribution in [3.05, 3.63) is 59.2 Å². The number of rotatable bonds is 6. The van der Waals surface area contributed by atoms with Crippen LogP contribution in [-0.4, -0.2) is 32.7 Å². The zero-order valence-electron chi connectivity index (χ0n) is 15.0. The first kappa shape index (κ1) is 17.3. The third kappa shape index (κ3) is 4.32. The van der Waals surface area contributed by atoms with Gasteiger partial charge >= 0.3 is 0 Å². The summed E-state index contributed by atoms with van der Waals surface area (Å²) in [5.74, 6) is 0.749. The first-order chi connectivity index (χ1) is 12.2. The quantitative estimate of drug-likeness (QED) is 0.877. The lowest BCUT2D eigenvalue weighted by Crippen LogP contribution is -2.26. The Morgan fingerprint density at radius 3 is 2.76 bits per heavy atom. The summed E-state index contributed by atoms with van der Waals surface area (Å²) < 4.78 is 5.40. The molecule has 0 radical (unpaired) electrons. The van der Waals surface area contributed by atoms with Crippen molar-refractivity contribution in [3.8, 4) is 5.75 Å². The van der Waals surface area contributed by atoms with Crippen LogP contribution >= 0.6 is 0 Å². The summed E-state index contributed by atoms with van der Waals surface area (Å²) in [5.41, 5.74) is 4.70. The number of hydrogen-bond donors (Lipinski definition) is 1. The smallest absolute Gasteiger partial charge is 0.251 e. The molecule has 132 valence electrons. The van der Waals surface area contributed by atoms with Gasteiger partial charge in [-0.1, -0.05) is 12.1 Å². The molecule has 0 saturated heterocycles. The fraction of sp³-hybridized carbons (Fsp3) is 0.381. The van der Waals surface area contributed by atoms with Gasteiger partial charge in [-0.2, -0.15) is 0 Å². The largest absolute Gasteiger partial charge is 0.494 e. The fourth-order valence-corrected chi connectivity index (χ4v) is 3.29. The zero-order valence-corrected chi connectivity index (χ0v) is 15.0. The number of anilines is 1. The van der Waals surface area contributed by atoms with Crippen molar-refractivity contribution in [3.63, 3.8) is 0 Å². The van der Waals surface area contributed by atoms with Crippen molar-refractivity contribution in [1.29, 1.82) is 0 Å². The van der Waals surface area contributed by atoms with Crippen molar-refractivity contribution < 1.29 is 9.53 Å². The lowest BCUT2D eigenvalue weighted by atomic mass is 9.98. The Bertz CT molecular complexity index is 725. The highest BCUT2D eigenvalue weighted by Crippen LogP contribution is 2.26. The van der Waals surface area contributed by atoms with Gasteiger partial charge in [-0.05, 0) is 67.6 Å². The first-order valence-electron chi connectivity index (χ1n) is 9.01. The average molecular weight is 338 g/mol. The van der Waals surface area contributed by atoms with E-state index in [1.54, 1.807) is 12.1 Å². The summed E-state index contributed by atoms with van der Waals surface area (Å²) >= 11 is 0. The third-order valence-electron chi connectivity index (χ3n) is 4.62. The van der Waals surface area contributed by atoms with E-state index in [1.807, 2.05) is 19.1 Å². The number of nitrogens with one attached hydrogen (secondary N) is 1. The normalized spacial score (nSPS) is 13.3. The first-order valence-corrected chi connectivity index (χ1v) is 9.01. The maximum Gasteiger partial charge on any atom is 0.251 e. The molecule has 4 nitrogen and oxygen atoms in total. The van der Waals surface area contributed by atoms with Crippen LogP contribution in [0, 0.1) is 0 Å². The molecule has 1 amide bonds. The molecule has 2 aromatic rings. The molecule has 0 bridgehead atoms. The second-order valence-corrected chi connectivity index (χ2v) is 6.45. The van der Waals surface area contributed by atoms with Crippen molar-refractivity contribution in [2.75, 3.05) is 31.6 Å². The van der Waals surface area contributed by atoms with E-state index in [1.165, 1.54) is 23.2 Å². The summed E-state index contributed by atoms with van der Waals surface area (Å²) in [6.45, 7) is 4.34. The monoisotopic (exact) mass is 338 g/mol. The SMILES string of the molecule is CCOc1ccc(C(=O)NCCc2ccc3c(c2)CCCN3C)cc1. The minimum atomic E-state index is -0.0410. The number of amides is 1. The summed E-state index contributed by atoms with van der Waals surface area (Å²) in [4.78, 5) is 14.5. The average Bonchev–Trinajstić information content (AvgIpc) is 2.63. The summed E-state index contributed by atoms with van der Waals surface area (Å²) in [7, 11) is 2.15. The van der Waals surface area contributed by atoms with E-state index in [0.717, 1.165) is 25.1 Å². The van der Waals surface area contributed by atoms with Gasteiger partial charge in [0.15, 0.2) is 0 Å². The topological polar surface area (TPSA) is 41.6 Å². The van der Waals surface area contributed by atoms with Crippen molar-refractivity contribution in [2.45, 2.75) is 26.2 Å². The van der Waals surface area contributed by atoms with E-state index in [9.17, 15) is 4.79 Å². The van der Waals surface area contributed by atoms with E-state index in [4.69, 9.17) is 4.74 Å². The van der Waals surface area contributed by atoms with Crippen LogP contribution in [0.2, 0.25) is 0 Å². The molecule has 0 aliphatic carbocycles. The van der Waals surface area contributed by atoms with Crippen LogP contribution < -0.4 is 15.0 Å². The van der Waals surface area contributed by atoms with Crippen LogP contribution in [0.15, 0.2) is 42.5 Å². The van der Waals surface area contributed by atoms with E-state index in [-0.39, 0.29) is 5.91 Å². The van der Waals surface area contributed by atoms with Crippen molar-refractivity contribution in [1.82, 2.24) is 5.32 Å². The summed E-state index contributed by atoms with van der Waals surface area (Å²) in [6, 6.07) is 13.9. The maximum atomic E-state index is 12.2. The Hall–Kier alpha value is -2.49. The number of carbonyl (C=O) groups excluding carboxylic acids is 1. The molecule has 0 unspecified atom stereocenters. The van der Waals surface area contributed by atoms with Crippen LogP contribution in [0.4, 0.5) is 5.69 Å².